The van der Waals surface area contributed by atoms with Crippen molar-refractivity contribution in [3.63, 3.8) is 0 Å². The zero-order chi connectivity index (χ0) is 10.2. The van der Waals surface area contributed by atoms with E-state index < -0.39 is 3.79 Å². The van der Waals surface area contributed by atoms with Gasteiger partial charge in [0.1, 0.15) is 10.3 Å². The molecule has 2 nitrogen and oxygen atoms in total. The first-order valence-corrected chi connectivity index (χ1v) is 5.88. The zero-order valence-electron chi connectivity index (χ0n) is 5.66. The van der Waals surface area contributed by atoms with Crippen LogP contribution >= 0.6 is 78.3 Å². The molecule has 1 aromatic heterocycles. The highest BCUT2D eigenvalue weighted by Gasteiger charge is 2.29. The Bertz CT molecular complexity index is 338. The third kappa shape index (κ3) is 3.08. The number of alkyl halides is 3. The van der Waals surface area contributed by atoms with E-state index in [-0.39, 0.29) is 10.7 Å². The van der Waals surface area contributed by atoms with Crippen molar-refractivity contribution in [1.82, 2.24) is 9.97 Å². The molecule has 0 aliphatic rings. The predicted molar refractivity (Wildman–Crippen MR) is 61.7 cm³/mol. The van der Waals surface area contributed by atoms with Crippen molar-refractivity contribution in [3.05, 3.63) is 20.1 Å². The van der Waals surface area contributed by atoms with E-state index in [1.165, 1.54) is 0 Å². The molecule has 0 aliphatic heterocycles. The van der Waals surface area contributed by atoms with Gasteiger partial charge in [-0.05, 0) is 31.9 Å². The Hall–Kier alpha value is 1.20. The van der Waals surface area contributed by atoms with E-state index in [1.807, 2.05) is 0 Å². The van der Waals surface area contributed by atoms with Crippen LogP contribution in [0, 0.1) is 0 Å². The lowest BCUT2D eigenvalue weighted by molar-refractivity contribution is 0.984. The van der Waals surface area contributed by atoms with Crippen LogP contribution in [0.2, 0.25) is 5.02 Å². The molecule has 72 valence electrons. The minimum Gasteiger partial charge on any atom is -0.221 e. The van der Waals surface area contributed by atoms with Gasteiger partial charge in [-0.2, -0.15) is 0 Å². The molecule has 13 heavy (non-hydrogen) atoms. The smallest absolute Gasteiger partial charge is 0.221 e. The Kier molecular flexibility index (Phi) is 4.13. The highest BCUT2D eigenvalue weighted by atomic mass is 79.9. The largest absolute Gasteiger partial charge is 0.234 e. The van der Waals surface area contributed by atoms with Crippen molar-refractivity contribution in [2.75, 3.05) is 0 Å². The molecular formula is C5Br2Cl4N2. The molecule has 0 atom stereocenters. The summed E-state index contributed by atoms with van der Waals surface area (Å²) in [7, 11) is 0. The standard InChI is InChI=1S/C5Br2Cl4N2/c6-3-1(8)2(5(9,10)11)12-4(7)13-3. The molecule has 0 fully saturated rings. The maximum Gasteiger partial charge on any atom is 0.234 e. The maximum atomic E-state index is 5.80. The van der Waals surface area contributed by atoms with Crippen LogP contribution < -0.4 is 0 Å². The predicted octanol–water partition coefficient (Wildman–Crippen LogP) is 4.48. The normalized spacial score (nSPS) is 11.8. The lowest BCUT2D eigenvalue weighted by Crippen LogP contribution is -2.06. The Labute approximate surface area is 111 Å². The van der Waals surface area contributed by atoms with Gasteiger partial charge < -0.3 is 0 Å². The SMILES string of the molecule is Clc1c(Br)nc(Br)nc1C(Cl)(Cl)Cl. The Morgan fingerprint density at radius 3 is 2.08 bits per heavy atom. The second-order valence-electron chi connectivity index (χ2n) is 1.94. The first-order valence-electron chi connectivity index (χ1n) is 2.78. The number of halogens is 6. The van der Waals surface area contributed by atoms with Gasteiger partial charge in [-0.15, -0.1) is 0 Å². The van der Waals surface area contributed by atoms with E-state index in [1.54, 1.807) is 0 Å². The molecule has 8 heteroatoms. The van der Waals surface area contributed by atoms with Gasteiger partial charge >= 0.3 is 0 Å². The third-order valence-corrected chi connectivity index (χ3v) is 3.10. The second kappa shape index (κ2) is 4.37. The Morgan fingerprint density at radius 2 is 1.62 bits per heavy atom. The number of hydrogen-bond donors (Lipinski definition) is 0. The van der Waals surface area contributed by atoms with Crippen molar-refractivity contribution in [1.29, 1.82) is 0 Å². The van der Waals surface area contributed by atoms with Crippen LogP contribution in [0.15, 0.2) is 9.34 Å². The van der Waals surface area contributed by atoms with Crippen LogP contribution in [-0.2, 0) is 3.79 Å². The van der Waals surface area contributed by atoms with Crippen molar-refractivity contribution < 1.29 is 0 Å². The lowest BCUT2D eigenvalue weighted by Gasteiger charge is -2.12. The summed E-state index contributed by atoms with van der Waals surface area (Å²) >= 11 is 28.8. The summed E-state index contributed by atoms with van der Waals surface area (Å²) in [6.07, 6.45) is 0. The Morgan fingerprint density at radius 1 is 1.08 bits per heavy atom. The topological polar surface area (TPSA) is 25.8 Å². The van der Waals surface area contributed by atoms with Gasteiger partial charge in [0.2, 0.25) is 3.79 Å². The summed E-state index contributed by atoms with van der Waals surface area (Å²) in [6.45, 7) is 0. The number of rotatable bonds is 0. The van der Waals surface area contributed by atoms with Crippen LogP contribution in [0.1, 0.15) is 5.69 Å². The fourth-order valence-corrected chi connectivity index (χ4v) is 2.31. The van der Waals surface area contributed by atoms with Gasteiger partial charge in [-0.1, -0.05) is 46.4 Å². The molecule has 0 aliphatic carbocycles. The summed E-state index contributed by atoms with van der Waals surface area (Å²) in [5.41, 5.74) is 0.132. The molecular weight excluding hydrogens is 390 g/mol. The van der Waals surface area contributed by atoms with Crippen molar-refractivity contribution in [2.45, 2.75) is 3.79 Å². The molecule has 0 bridgehead atoms. The summed E-state index contributed by atoms with van der Waals surface area (Å²) < 4.78 is -0.993. The first-order chi connectivity index (χ1) is 5.82. The van der Waals surface area contributed by atoms with Crippen LogP contribution in [0.5, 0.6) is 0 Å². The average molecular weight is 390 g/mol. The molecule has 1 rings (SSSR count). The summed E-state index contributed by atoms with van der Waals surface area (Å²) in [4.78, 5) is 7.71. The van der Waals surface area contributed by atoms with Crippen LogP contribution in [0.25, 0.3) is 0 Å². The highest BCUT2D eigenvalue weighted by molar-refractivity contribution is 9.11. The summed E-state index contributed by atoms with van der Waals surface area (Å²) in [5, 5.41) is 0.184. The van der Waals surface area contributed by atoms with Crippen molar-refractivity contribution in [2.24, 2.45) is 0 Å². The van der Waals surface area contributed by atoms with E-state index in [4.69, 9.17) is 46.4 Å². The van der Waals surface area contributed by atoms with Gasteiger partial charge in [0, 0.05) is 0 Å². The van der Waals surface area contributed by atoms with E-state index in [9.17, 15) is 0 Å². The third-order valence-electron chi connectivity index (χ3n) is 1.05. The average Bonchev–Trinajstić information content (AvgIpc) is 1.94. The van der Waals surface area contributed by atoms with E-state index in [0.29, 0.717) is 9.34 Å². The minimum atomic E-state index is -1.66. The Balaban J connectivity index is 3.37. The molecule has 0 aromatic carbocycles. The molecule has 0 radical (unpaired) electrons. The quantitative estimate of drug-likeness (QED) is 0.371. The summed E-state index contributed by atoms with van der Waals surface area (Å²) in [6, 6.07) is 0. The van der Waals surface area contributed by atoms with Gasteiger partial charge in [0.15, 0.2) is 4.73 Å². The second-order valence-corrected chi connectivity index (χ2v) is 6.06. The molecule has 0 unspecified atom stereocenters. The summed E-state index contributed by atoms with van der Waals surface area (Å²) in [5.74, 6) is 0. The van der Waals surface area contributed by atoms with Gasteiger partial charge in [0.05, 0.1) is 5.02 Å². The molecule has 0 saturated carbocycles. The number of hydrogen-bond acceptors (Lipinski definition) is 2. The monoisotopic (exact) mass is 386 g/mol. The van der Waals surface area contributed by atoms with Crippen molar-refractivity contribution >= 4 is 78.3 Å². The first kappa shape index (κ1) is 12.3. The van der Waals surface area contributed by atoms with Gasteiger partial charge in [-0.25, -0.2) is 9.97 Å². The van der Waals surface area contributed by atoms with Gasteiger partial charge in [0.25, 0.3) is 0 Å². The lowest BCUT2D eigenvalue weighted by atomic mass is 10.4. The van der Waals surface area contributed by atoms with Crippen molar-refractivity contribution in [3.8, 4) is 0 Å². The number of nitrogens with zero attached hydrogens (tertiary/aromatic N) is 2. The minimum absolute atomic E-state index is 0.132. The number of aromatic nitrogens is 2. The van der Waals surface area contributed by atoms with E-state index in [0.717, 1.165) is 0 Å². The zero-order valence-corrected chi connectivity index (χ0v) is 11.9. The molecule has 0 N–H and O–H groups in total. The molecule has 1 heterocycles. The van der Waals surface area contributed by atoms with Crippen LogP contribution in [0.3, 0.4) is 0 Å². The fraction of sp³-hybridized carbons (Fsp3) is 0.200. The maximum absolute atomic E-state index is 5.80. The van der Waals surface area contributed by atoms with E-state index in [2.05, 4.69) is 41.8 Å². The van der Waals surface area contributed by atoms with E-state index >= 15 is 0 Å². The molecule has 0 amide bonds. The fourth-order valence-electron chi connectivity index (χ4n) is 0.582. The van der Waals surface area contributed by atoms with Gasteiger partial charge in [-0.3, -0.25) is 0 Å². The van der Waals surface area contributed by atoms with Crippen LogP contribution in [-0.4, -0.2) is 9.97 Å². The molecule has 0 saturated heterocycles. The highest BCUT2D eigenvalue weighted by Crippen LogP contribution is 2.42. The molecule has 0 spiro atoms. The molecule has 1 aromatic rings. The van der Waals surface area contributed by atoms with Crippen LogP contribution in [0.4, 0.5) is 0 Å².